The molecule has 0 aliphatic rings. The van der Waals surface area contributed by atoms with Crippen LogP contribution >= 0.6 is 34.8 Å². The first-order valence-corrected chi connectivity index (χ1v) is 12.8. The summed E-state index contributed by atoms with van der Waals surface area (Å²) in [4.78, 5) is 11.2. The van der Waals surface area contributed by atoms with E-state index in [9.17, 15) is 4.79 Å². The molecule has 0 amide bonds. The molecule has 0 aliphatic heterocycles. The summed E-state index contributed by atoms with van der Waals surface area (Å²) in [5.74, 6) is 0.970. The molecule has 196 valence electrons. The third-order valence-corrected chi connectivity index (χ3v) is 6.70. The van der Waals surface area contributed by atoms with Crippen molar-refractivity contribution >= 4 is 52.9 Å². The number of carboxylic acids is 1. The molecule has 0 saturated carbocycles. The molecule has 1 heterocycles. The van der Waals surface area contributed by atoms with Gasteiger partial charge in [0.25, 0.3) is 0 Å². The predicted molar refractivity (Wildman–Crippen MR) is 149 cm³/mol. The molecule has 3 aromatic carbocycles. The minimum atomic E-state index is -0.975. The Morgan fingerprint density at radius 1 is 0.921 bits per heavy atom. The number of carbonyl (C=O) groups is 1. The molecule has 0 saturated heterocycles. The van der Waals surface area contributed by atoms with Crippen LogP contribution in [0.5, 0.6) is 11.5 Å². The third-order valence-electron chi connectivity index (χ3n) is 5.63. The summed E-state index contributed by atoms with van der Waals surface area (Å²) in [5, 5.41) is 14.7. The summed E-state index contributed by atoms with van der Waals surface area (Å²) in [6.07, 6.45) is 3.63. The lowest BCUT2D eigenvalue weighted by Crippen LogP contribution is -2.05. The molecule has 1 N–H and O–H groups in total. The summed E-state index contributed by atoms with van der Waals surface area (Å²) in [5.41, 5.74) is 3.17. The normalized spacial score (nSPS) is 11.3. The lowest BCUT2D eigenvalue weighted by atomic mass is 10.1. The molecule has 0 radical (unpaired) electrons. The van der Waals surface area contributed by atoms with Crippen LogP contribution in [-0.2, 0) is 13.2 Å². The molecule has 0 spiro atoms. The zero-order chi connectivity index (χ0) is 27.2. The molecule has 4 aromatic rings. The van der Waals surface area contributed by atoms with Crippen LogP contribution in [0.25, 0.3) is 12.2 Å². The van der Waals surface area contributed by atoms with Gasteiger partial charge in [-0.1, -0.05) is 78.1 Å². The number of carboxylic acid groups (broad SMARTS) is 1. The third kappa shape index (κ3) is 6.90. The highest BCUT2D eigenvalue weighted by molar-refractivity contribution is 6.42. The van der Waals surface area contributed by atoms with Gasteiger partial charge in [-0.2, -0.15) is 0 Å². The van der Waals surface area contributed by atoms with Crippen molar-refractivity contribution in [1.29, 1.82) is 0 Å². The molecule has 0 unspecified atom stereocenters. The molecule has 4 rings (SSSR count). The maximum atomic E-state index is 11.2. The van der Waals surface area contributed by atoms with Crippen LogP contribution in [0.1, 0.15) is 58.3 Å². The first-order chi connectivity index (χ1) is 18.2. The lowest BCUT2D eigenvalue weighted by molar-refractivity contribution is 0.0697. The van der Waals surface area contributed by atoms with E-state index in [0.29, 0.717) is 38.0 Å². The second kappa shape index (κ2) is 12.4. The van der Waals surface area contributed by atoms with Crippen LogP contribution in [0.4, 0.5) is 0 Å². The van der Waals surface area contributed by atoms with Crippen LogP contribution < -0.4 is 9.47 Å². The van der Waals surface area contributed by atoms with Gasteiger partial charge in [0, 0.05) is 12.0 Å². The van der Waals surface area contributed by atoms with Gasteiger partial charge in [0.05, 0.1) is 26.2 Å². The fourth-order valence-electron chi connectivity index (χ4n) is 3.65. The van der Waals surface area contributed by atoms with Gasteiger partial charge in [-0.25, -0.2) is 4.79 Å². The predicted octanol–water partition coefficient (Wildman–Crippen LogP) is 8.78. The SMILES string of the molecule is CC(C)c1onc(COc2ccc(Cl)c(Cl)c2)c1COc1ccc(/C=C/c2cccc(C(=O)O)c2)c(Cl)c1. The molecule has 0 bridgehead atoms. The number of ether oxygens (including phenoxy) is 2. The second-order valence-corrected chi connectivity index (χ2v) is 9.95. The second-order valence-electron chi connectivity index (χ2n) is 8.73. The Balaban J connectivity index is 1.45. The van der Waals surface area contributed by atoms with Crippen LogP contribution in [0.3, 0.4) is 0 Å². The Labute approximate surface area is 235 Å². The maximum Gasteiger partial charge on any atom is 0.335 e. The van der Waals surface area contributed by atoms with E-state index in [-0.39, 0.29) is 24.7 Å². The monoisotopic (exact) mass is 571 g/mol. The van der Waals surface area contributed by atoms with Crippen molar-refractivity contribution < 1.29 is 23.9 Å². The van der Waals surface area contributed by atoms with Crippen molar-refractivity contribution in [1.82, 2.24) is 5.16 Å². The van der Waals surface area contributed by atoms with Gasteiger partial charge in [-0.15, -0.1) is 0 Å². The van der Waals surface area contributed by atoms with Gasteiger partial charge in [0.15, 0.2) is 0 Å². The molecule has 1 aromatic heterocycles. The average molecular weight is 573 g/mol. The quantitative estimate of drug-likeness (QED) is 0.191. The van der Waals surface area contributed by atoms with Crippen LogP contribution in [0.2, 0.25) is 15.1 Å². The van der Waals surface area contributed by atoms with E-state index in [1.807, 2.05) is 38.1 Å². The molecule has 6 nitrogen and oxygen atoms in total. The highest BCUT2D eigenvalue weighted by Crippen LogP contribution is 2.30. The number of aromatic carboxylic acids is 1. The first kappa shape index (κ1) is 27.6. The Morgan fingerprint density at radius 2 is 1.63 bits per heavy atom. The van der Waals surface area contributed by atoms with Crippen molar-refractivity contribution in [2.45, 2.75) is 33.0 Å². The number of halogens is 3. The summed E-state index contributed by atoms with van der Waals surface area (Å²) in [6.45, 7) is 4.40. The summed E-state index contributed by atoms with van der Waals surface area (Å²) in [7, 11) is 0. The fourth-order valence-corrected chi connectivity index (χ4v) is 4.17. The first-order valence-electron chi connectivity index (χ1n) is 11.7. The van der Waals surface area contributed by atoms with E-state index in [4.69, 9.17) is 53.9 Å². The van der Waals surface area contributed by atoms with Crippen LogP contribution in [0, 0.1) is 0 Å². The van der Waals surface area contributed by atoms with Crippen molar-refractivity contribution in [3.8, 4) is 11.5 Å². The number of rotatable bonds is 10. The van der Waals surface area contributed by atoms with Crippen molar-refractivity contribution in [2.75, 3.05) is 0 Å². The van der Waals surface area contributed by atoms with E-state index in [0.717, 1.165) is 16.7 Å². The lowest BCUT2D eigenvalue weighted by Gasteiger charge is -2.11. The largest absolute Gasteiger partial charge is 0.489 e. The van der Waals surface area contributed by atoms with Crippen molar-refractivity contribution in [3.05, 3.63) is 109 Å². The molecular weight excluding hydrogens is 549 g/mol. The number of hydrogen-bond acceptors (Lipinski definition) is 5. The Morgan fingerprint density at radius 3 is 2.32 bits per heavy atom. The van der Waals surface area contributed by atoms with E-state index < -0.39 is 5.97 Å². The molecule has 9 heteroatoms. The number of hydrogen-bond donors (Lipinski definition) is 1. The minimum absolute atomic E-state index is 0.0931. The van der Waals surface area contributed by atoms with E-state index >= 15 is 0 Å². The molecular formula is C29H24Cl3NO5. The fraction of sp³-hybridized carbons (Fsp3) is 0.172. The number of nitrogens with zero attached hydrogens (tertiary/aromatic N) is 1. The van der Waals surface area contributed by atoms with Gasteiger partial charge in [0.1, 0.15) is 36.2 Å². The maximum absolute atomic E-state index is 11.2. The van der Waals surface area contributed by atoms with Crippen molar-refractivity contribution in [2.24, 2.45) is 0 Å². The molecule has 0 atom stereocenters. The molecule has 0 aliphatic carbocycles. The van der Waals surface area contributed by atoms with Gasteiger partial charge in [-0.3, -0.25) is 0 Å². The van der Waals surface area contributed by atoms with E-state index in [1.165, 1.54) is 0 Å². The smallest absolute Gasteiger partial charge is 0.335 e. The van der Waals surface area contributed by atoms with Gasteiger partial charge in [-0.05, 0) is 53.6 Å². The summed E-state index contributed by atoms with van der Waals surface area (Å²) in [6, 6.07) is 17.1. The van der Waals surface area contributed by atoms with Crippen LogP contribution in [-0.4, -0.2) is 16.2 Å². The van der Waals surface area contributed by atoms with Gasteiger partial charge in [0.2, 0.25) is 0 Å². The Bertz CT molecular complexity index is 1480. The Hall–Kier alpha value is -3.45. The zero-order valence-corrected chi connectivity index (χ0v) is 22.8. The molecule has 38 heavy (non-hydrogen) atoms. The highest BCUT2D eigenvalue weighted by atomic mass is 35.5. The van der Waals surface area contributed by atoms with Gasteiger partial charge >= 0.3 is 5.97 Å². The number of aromatic nitrogens is 1. The topological polar surface area (TPSA) is 81.8 Å². The minimum Gasteiger partial charge on any atom is -0.489 e. The van der Waals surface area contributed by atoms with Gasteiger partial charge < -0.3 is 19.1 Å². The van der Waals surface area contributed by atoms with E-state index in [2.05, 4.69) is 5.16 Å². The molecule has 0 fully saturated rings. The standard InChI is InChI=1S/C29H24Cl3NO5/c1-17(2)28-23(27(33-38-28)16-37-22-10-11-24(30)26(32)14-22)15-36-21-9-8-19(25(31)13-21)7-6-18-4-3-5-20(12-18)29(34)35/h3-14,17H,15-16H2,1-2H3,(H,34,35)/b7-6+. The van der Waals surface area contributed by atoms with E-state index in [1.54, 1.807) is 48.5 Å². The Kier molecular flexibility index (Phi) is 9.00. The highest BCUT2D eigenvalue weighted by Gasteiger charge is 2.20. The average Bonchev–Trinajstić information content (AvgIpc) is 3.31. The van der Waals surface area contributed by atoms with Crippen molar-refractivity contribution in [3.63, 3.8) is 0 Å². The van der Waals surface area contributed by atoms with Crippen LogP contribution in [0.15, 0.2) is 65.2 Å². The number of benzene rings is 3. The zero-order valence-electron chi connectivity index (χ0n) is 20.6. The summed E-state index contributed by atoms with van der Waals surface area (Å²) < 4.78 is 17.5. The summed E-state index contributed by atoms with van der Waals surface area (Å²) >= 11 is 18.6.